The van der Waals surface area contributed by atoms with Crippen molar-refractivity contribution in [3.05, 3.63) is 117 Å². The van der Waals surface area contributed by atoms with Crippen LogP contribution >= 0.6 is 0 Å². The molecule has 0 bridgehead atoms. The Balaban J connectivity index is 1.66. The summed E-state index contributed by atoms with van der Waals surface area (Å²) in [6, 6.07) is 24.4. The summed E-state index contributed by atoms with van der Waals surface area (Å²) < 4.78 is 17.7. The second-order valence-electron chi connectivity index (χ2n) is 9.76. The highest BCUT2D eigenvalue weighted by molar-refractivity contribution is 5.95. The van der Waals surface area contributed by atoms with Crippen LogP contribution in [0.15, 0.2) is 83.7 Å². The van der Waals surface area contributed by atoms with Gasteiger partial charge in [0.15, 0.2) is 0 Å². The Bertz CT molecular complexity index is 1400. The third-order valence-electron chi connectivity index (χ3n) is 6.76. The van der Waals surface area contributed by atoms with E-state index in [1.165, 1.54) is 0 Å². The highest BCUT2D eigenvalue weighted by Crippen LogP contribution is 2.25. The lowest BCUT2D eigenvalue weighted by Crippen LogP contribution is -2.26. The number of carboxylic acid groups (broad SMARTS) is 1. The van der Waals surface area contributed by atoms with E-state index in [1.807, 2.05) is 60.7 Å². The summed E-state index contributed by atoms with van der Waals surface area (Å²) in [4.78, 5) is 25.2. The zero-order chi connectivity index (χ0) is 26.4. The zero-order valence-electron chi connectivity index (χ0n) is 21.4. The molecule has 4 aromatic rings. The van der Waals surface area contributed by atoms with Gasteiger partial charge in [-0.3, -0.25) is 9.13 Å². The third kappa shape index (κ3) is 6.08. The second-order valence-corrected chi connectivity index (χ2v) is 9.76. The van der Waals surface area contributed by atoms with Gasteiger partial charge in [0.1, 0.15) is 6.67 Å². The Kier molecular flexibility index (Phi) is 8.39. The molecule has 192 valence electrons. The van der Waals surface area contributed by atoms with Gasteiger partial charge in [0.2, 0.25) is 0 Å². The molecule has 0 radical (unpaired) electrons. The Labute approximate surface area is 216 Å². The molecule has 1 aromatic heterocycles. The molecular weight excluding hydrogens is 467 g/mol. The number of rotatable bonds is 11. The van der Waals surface area contributed by atoms with Crippen LogP contribution in [0.3, 0.4) is 0 Å². The van der Waals surface area contributed by atoms with Crippen molar-refractivity contribution in [2.75, 3.05) is 0 Å². The van der Waals surface area contributed by atoms with Crippen molar-refractivity contribution in [3.63, 3.8) is 0 Å². The number of aryl methyl sites for hydroxylation is 1. The second kappa shape index (κ2) is 11.9. The van der Waals surface area contributed by atoms with E-state index < -0.39 is 12.6 Å². The van der Waals surface area contributed by atoms with Crippen LogP contribution in [0.1, 0.15) is 53.1 Å². The largest absolute Gasteiger partial charge is 0.478 e. The molecule has 0 aliphatic carbocycles. The van der Waals surface area contributed by atoms with E-state index in [0.717, 1.165) is 28.8 Å². The maximum Gasteiger partial charge on any atom is 0.336 e. The number of nitrogens with zero attached hydrogens (tertiary/aromatic N) is 2. The van der Waals surface area contributed by atoms with Crippen LogP contribution < -0.4 is 5.69 Å². The minimum Gasteiger partial charge on any atom is -0.478 e. The molecule has 0 saturated heterocycles. The Morgan fingerprint density at radius 2 is 1.51 bits per heavy atom. The normalized spacial score (nSPS) is 11.2. The smallest absolute Gasteiger partial charge is 0.336 e. The molecule has 1 heterocycles. The number of hydrogen-bond donors (Lipinski definition) is 1. The van der Waals surface area contributed by atoms with E-state index >= 15 is 0 Å². The topological polar surface area (TPSA) is 64.2 Å². The predicted octanol–water partition coefficient (Wildman–Crippen LogP) is 6.36. The number of aromatic carboxylic acids is 1. The molecule has 1 N–H and O–H groups in total. The van der Waals surface area contributed by atoms with E-state index in [-0.39, 0.29) is 11.3 Å². The van der Waals surface area contributed by atoms with Crippen LogP contribution in [0.5, 0.6) is 0 Å². The van der Waals surface area contributed by atoms with Crippen molar-refractivity contribution in [2.24, 2.45) is 5.92 Å². The Morgan fingerprint density at radius 3 is 2.16 bits per heavy atom. The van der Waals surface area contributed by atoms with Gasteiger partial charge in [-0.2, -0.15) is 0 Å². The van der Waals surface area contributed by atoms with Crippen LogP contribution in [0.25, 0.3) is 11.1 Å². The lowest BCUT2D eigenvalue weighted by Gasteiger charge is -2.12. The van der Waals surface area contributed by atoms with Crippen molar-refractivity contribution in [3.8, 4) is 11.1 Å². The number of imidazole rings is 1. The van der Waals surface area contributed by atoms with E-state index in [9.17, 15) is 19.1 Å². The molecular formula is C31H33FN2O3. The van der Waals surface area contributed by atoms with Gasteiger partial charge >= 0.3 is 11.7 Å². The van der Waals surface area contributed by atoms with Gasteiger partial charge < -0.3 is 5.11 Å². The maximum absolute atomic E-state index is 14.4. The Morgan fingerprint density at radius 1 is 0.838 bits per heavy atom. The average Bonchev–Trinajstić information content (AvgIpc) is 3.16. The van der Waals surface area contributed by atoms with E-state index in [1.54, 1.807) is 27.3 Å². The molecule has 0 aliphatic rings. The van der Waals surface area contributed by atoms with Crippen molar-refractivity contribution in [1.82, 2.24) is 9.13 Å². The molecule has 5 nitrogen and oxygen atoms in total. The van der Waals surface area contributed by atoms with E-state index in [0.29, 0.717) is 43.1 Å². The fraction of sp³-hybridized carbons (Fsp3) is 0.290. The summed E-state index contributed by atoms with van der Waals surface area (Å²) in [5.74, 6) is -0.547. The minimum absolute atomic E-state index is 0.192. The third-order valence-corrected chi connectivity index (χ3v) is 6.76. The minimum atomic E-state index is -0.975. The molecule has 37 heavy (non-hydrogen) atoms. The van der Waals surface area contributed by atoms with Crippen LogP contribution in [0, 0.1) is 5.92 Å². The summed E-state index contributed by atoms with van der Waals surface area (Å²) in [5, 5.41) is 9.52. The standard InChI is InChI=1S/C31H33FN2O3/c1-22(2)12-17-28-29(20-32)33(19-18-23-8-4-3-5-9-23)31(37)34(28)21-24-13-15-25(16-14-24)26-10-6-7-11-27(26)30(35)36/h3-11,13-16,22H,12,17-21H2,1-2H3,(H,35,36). The molecule has 3 aromatic carbocycles. The van der Waals surface area contributed by atoms with Crippen molar-refractivity contribution >= 4 is 5.97 Å². The maximum atomic E-state index is 14.4. The van der Waals surface area contributed by atoms with Crippen molar-refractivity contribution in [1.29, 1.82) is 0 Å². The monoisotopic (exact) mass is 500 g/mol. The van der Waals surface area contributed by atoms with Gasteiger partial charge in [-0.15, -0.1) is 0 Å². The molecule has 4 rings (SSSR count). The molecule has 0 spiro atoms. The molecule has 6 heteroatoms. The number of benzene rings is 3. The van der Waals surface area contributed by atoms with Gasteiger partial charge in [0.25, 0.3) is 0 Å². The fourth-order valence-corrected chi connectivity index (χ4v) is 4.71. The summed E-state index contributed by atoms with van der Waals surface area (Å²) in [7, 11) is 0. The van der Waals surface area contributed by atoms with Gasteiger partial charge in [-0.1, -0.05) is 86.6 Å². The molecule has 0 aliphatic heterocycles. The average molecular weight is 501 g/mol. The fourth-order valence-electron chi connectivity index (χ4n) is 4.71. The summed E-state index contributed by atoms with van der Waals surface area (Å²) in [5.41, 5.74) is 4.71. The van der Waals surface area contributed by atoms with Gasteiger partial charge in [0.05, 0.1) is 17.8 Å². The van der Waals surface area contributed by atoms with E-state index in [4.69, 9.17) is 0 Å². The molecule has 0 unspecified atom stereocenters. The lowest BCUT2D eigenvalue weighted by atomic mass is 9.98. The first-order valence-corrected chi connectivity index (χ1v) is 12.7. The number of carboxylic acids is 1. The highest BCUT2D eigenvalue weighted by Gasteiger charge is 2.20. The number of carbonyl (C=O) groups is 1. The van der Waals surface area contributed by atoms with Crippen LogP contribution in [0.4, 0.5) is 4.39 Å². The quantitative estimate of drug-likeness (QED) is 0.260. The van der Waals surface area contributed by atoms with Gasteiger partial charge in [-0.25, -0.2) is 14.0 Å². The van der Waals surface area contributed by atoms with Crippen LogP contribution in [-0.2, 0) is 32.6 Å². The number of halogens is 1. The van der Waals surface area contributed by atoms with Gasteiger partial charge in [0, 0.05) is 12.2 Å². The summed E-state index contributed by atoms with van der Waals surface area (Å²) in [6.07, 6.45) is 2.15. The van der Waals surface area contributed by atoms with Crippen LogP contribution in [0.2, 0.25) is 0 Å². The summed E-state index contributed by atoms with van der Waals surface area (Å²) in [6.45, 7) is 4.32. The SMILES string of the molecule is CC(C)CCc1c(CF)n(CCc2ccccc2)c(=O)n1Cc1ccc(-c2ccccc2C(=O)O)cc1. The molecule has 0 fully saturated rings. The summed E-state index contributed by atoms with van der Waals surface area (Å²) >= 11 is 0. The first-order chi connectivity index (χ1) is 17.9. The van der Waals surface area contributed by atoms with E-state index in [2.05, 4.69) is 13.8 Å². The predicted molar refractivity (Wildman–Crippen MR) is 145 cm³/mol. The zero-order valence-corrected chi connectivity index (χ0v) is 21.4. The molecule has 0 saturated carbocycles. The Hall–Kier alpha value is -3.93. The first kappa shape index (κ1) is 26.1. The van der Waals surface area contributed by atoms with Crippen molar-refractivity contribution in [2.45, 2.75) is 52.9 Å². The highest BCUT2D eigenvalue weighted by atomic mass is 19.1. The number of alkyl halides is 1. The number of aromatic nitrogens is 2. The first-order valence-electron chi connectivity index (χ1n) is 12.7. The molecule has 0 amide bonds. The van der Waals surface area contributed by atoms with Crippen molar-refractivity contribution < 1.29 is 14.3 Å². The number of hydrogen-bond acceptors (Lipinski definition) is 2. The van der Waals surface area contributed by atoms with Crippen LogP contribution in [-0.4, -0.2) is 20.2 Å². The molecule has 0 atom stereocenters. The lowest BCUT2D eigenvalue weighted by molar-refractivity contribution is 0.0697. The van der Waals surface area contributed by atoms with Gasteiger partial charge in [-0.05, 0) is 53.5 Å².